The van der Waals surface area contributed by atoms with E-state index in [1.54, 1.807) is 0 Å². The average molecular weight is 362 g/mol. The molecule has 1 aliphatic rings. The molecular formula is C19H26N2O5. The fourth-order valence-corrected chi connectivity index (χ4v) is 2.98. The summed E-state index contributed by atoms with van der Waals surface area (Å²) in [5.41, 5.74) is 3.16. The van der Waals surface area contributed by atoms with Gasteiger partial charge in [-0.3, -0.25) is 14.4 Å². The molecule has 0 spiro atoms. The number of ether oxygens (including phenoxy) is 2. The Kier molecular flexibility index (Phi) is 7.44. The van der Waals surface area contributed by atoms with E-state index in [-0.39, 0.29) is 37.1 Å². The molecular weight excluding hydrogens is 336 g/mol. The molecule has 1 heterocycles. The zero-order valence-corrected chi connectivity index (χ0v) is 15.3. The van der Waals surface area contributed by atoms with Gasteiger partial charge in [-0.2, -0.15) is 0 Å². The Hall–Kier alpha value is -2.57. The van der Waals surface area contributed by atoms with Gasteiger partial charge in [-0.15, -0.1) is 0 Å². The maximum Gasteiger partial charge on any atom is 0.307 e. The maximum absolute atomic E-state index is 12.2. The summed E-state index contributed by atoms with van der Waals surface area (Å²) in [6.07, 6.45) is 2.87. The Morgan fingerprint density at radius 1 is 1.15 bits per heavy atom. The van der Waals surface area contributed by atoms with Gasteiger partial charge in [-0.25, -0.2) is 0 Å². The standard InChI is InChI=1S/C19H26N2O5/c1-25-18(23)7-3-6-17(22)21-16(12-19(24)26-2)14-8-9-15-13(11-14)5-4-10-20-15/h8-9,11,16,20H,3-7,10,12H2,1-2H3,(H,21,22)/t16-/m1/s1. The molecule has 0 aliphatic carbocycles. The minimum atomic E-state index is -0.458. The number of aryl methyl sites for hydroxylation is 1. The van der Waals surface area contributed by atoms with Gasteiger partial charge in [0.15, 0.2) is 0 Å². The number of carbonyl (C=O) groups is 3. The molecule has 1 aromatic rings. The van der Waals surface area contributed by atoms with Gasteiger partial charge in [0.2, 0.25) is 5.91 Å². The molecule has 1 aromatic carbocycles. The second kappa shape index (κ2) is 9.79. The van der Waals surface area contributed by atoms with Gasteiger partial charge in [0.1, 0.15) is 0 Å². The number of rotatable bonds is 8. The molecule has 0 unspecified atom stereocenters. The number of fused-ring (bicyclic) bond motifs is 1. The Labute approximate surface area is 153 Å². The zero-order chi connectivity index (χ0) is 18.9. The van der Waals surface area contributed by atoms with Gasteiger partial charge in [0.05, 0.1) is 26.7 Å². The maximum atomic E-state index is 12.2. The summed E-state index contributed by atoms with van der Waals surface area (Å²) in [5.74, 6) is -0.939. The van der Waals surface area contributed by atoms with Crippen LogP contribution in [-0.2, 0) is 30.3 Å². The predicted octanol–water partition coefficient (Wildman–Crippen LogP) is 2.11. The topological polar surface area (TPSA) is 93.7 Å². The van der Waals surface area contributed by atoms with Crippen molar-refractivity contribution in [2.45, 2.75) is 44.6 Å². The van der Waals surface area contributed by atoms with Gasteiger partial charge in [-0.05, 0) is 36.5 Å². The van der Waals surface area contributed by atoms with Crippen molar-refractivity contribution < 1.29 is 23.9 Å². The molecule has 0 bridgehead atoms. The van der Waals surface area contributed by atoms with Crippen LogP contribution in [0.5, 0.6) is 0 Å². The number of hydrogen-bond acceptors (Lipinski definition) is 6. The van der Waals surface area contributed by atoms with E-state index in [9.17, 15) is 14.4 Å². The van der Waals surface area contributed by atoms with Gasteiger partial charge in [0, 0.05) is 25.1 Å². The van der Waals surface area contributed by atoms with E-state index in [0.717, 1.165) is 30.6 Å². The van der Waals surface area contributed by atoms with Crippen molar-refractivity contribution in [3.05, 3.63) is 29.3 Å². The van der Waals surface area contributed by atoms with Crippen molar-refractivity contribution in [2.24, 2.45) is 0 Å². The number of hydrogen-bond donors (Lipinski definition) is 2. The third-order valence-electron chi connectivity index (χ3n) is 4.42. The summed E-state index contributed by atoms with van der Waals surface area (Å²) in [6.45, 7) is 0.953. The molecule has 142 valence electrons. The minimum Gasteiger partial charge on any atom is -0.469 e. The van der Waals surface area contributed by atoms with Crippen LogP contribution in [0.3, 0.4) is 0 Å². The number of amides is 1. The van der Waals surface area contributed by atoms with Crippen LogP contribution in [0, 0.1) is 0 Å². The van der Waals surface area contributed by atoms with Crippen LogP contribution < -0.4 is 10.6 Å². The molecule has 0 saturated carbocycles. The SMILES string of the molecule is COC(=O)CCCC(=O)N[C@H](CC(=O)OC)c1ccc2c(c1)CCCN2. The Balaban J connectivity index is 2.04. The molecule has 2 N–H and O–H groups in total. The Bertz CT molecular complexity index is 659. The molecule has 0 fully saturated rings. The highest BCUT2D eigenvalue weighted by atomic mass is 16.5. The first-order chi connectivity index (χ1) is 12.5. The van der Waals surface area contributed by atoms with Crippen molar-refractivity contribution in [2.75, 3.05) is 26.1 Å². The van der Waals surface area contributed by atoms with Crippen LogP contribution in [0.15, 0.2) is 18.2 Å². The Morgan fingerprint density at radius 3 is 2.65 bits per heavy atom. The lowest BCUT2D eigenvalue weighted by Crippen LogP contribution is -2.30. The van der Waals surface area contributed by atoms with Gasteiger partial charge in [0.25, 0.3) is 0 Å². The predicted molar refractivity (Wildman–Crippen MR) is 96.6 cm³/mol. The lowest BCUT2D eigenvalue weighted by molar-refractivity contribution is -0.141. The molecule has 7 heteroatoms. The largest absolute Gasteiger partial charge is 0.469 e. The third kappa shape index (κ3) is 5.75. The van der Waals surface area contributed by atoms with Crippen molar-refractivity contribution in [3.8, 4) is 0 Å². The summed E-state index contributed by atoms with van der Waals surface area (Å²) in [7, 11) is 2.65. The van der Waals surface area contributed by atoms with Crippen molar-refractivity contribution in [3.63, 3.8) is 0 Å². The molecule has 1 atom stereocenters. The summed E-state index contributed by atoms with van der Waals surface area (Å²) < 4.78 is 9.32. The molecule has 1 amide bonds. The number of esters is 2. The second-order valence-corrected chi connectivity index (χ2v) is 6.28. The smallest absolute Gasteiger partial charge is 0.307 e. The molecule has 0 radical (unpaired) electrons. The van der Waals surface area contributed by atoms with Crippen LogP contribution >= 0.6 is 0 Å². The zero-order valence-electron chi connectivity index (χ0n) is 15.3. The van der Waals surface area contributed by atoms with Crippen LogP contribution in [0.25, 0.3) is 0 Å². The van der Waals surface area contributed by atoms with Gasteiger partial charge >= 0.3 is 11.9 Å². The van der Waals surface area contributed by atoms with Crippen molar-refractivity contribution in [1.82, 2.24) is 5.32 Å². The molecule has 0 saturated heterocycles. The minimum absolute atomic E-state index is 0.0610. The lowest BCUT2D eigenvalue weighted by atomic mass is 9.96. The molecule has 1 aliphatic heterocycles. The highest BCUT2D eigenvalue weighted by molar-refractivity contribution is 5.79. The Morgan fingerprint density at radius 2 is 1.92 bits per heavy atom. The first-order valence-corrected chi connectivity index (χ1v) is 8.83. The first kappa shape index (κ1) is 19.8. The second-order valence-electron chi connectivity index (χ2n) is 6.28. The van der Waals surface area contributed by atoms with E-state index in [0.29, 0.717) is 6.42 Å². The van der Waals surface area contributed by atoms with E-state index in [2.05, 4.69) is 15.4 Å². The molecule has 2 rings (SSSR count). The van der Waals surface area contributed by atoms with Crippen LogP contribution in [0.1, 0.15) is 49.3 Å². The van der Waals surface area contributed by atoms with Crippen LogP contribution in [-0.4, -0.2) is 38.6 Å². The lowest BCUT2D eigenvalue weighted by Gasteiger charge is -2.23. The van der Waals surface area contributed by atoms with Gasteiger partial charge < -0.3 is 20.1 Å². The number of benzene rings is 1. The van der Waals surface area contributed by atoms with Crippen LogP contribution in [0.2, 0.25) is 0 Å². The van der Waals surface area contributed by atoms with Crippen molar-refractivity contribution >= 4 is 23.5 Å². The number of anilines is 1. The highest BCUT2D eigenvalue weighted by Gasteiger charge is 2.21. The molecule has 7 nitrogen and oxygen atoms in total. The van der Waals surface area contributed by atoms with E-state index in [1.165, 1.54) is 19.8 Å². The quantitative estimate of drug-likeness (QED) is 0.688. The number of nitrogens with one attached hydrogen (secondary N) is 2. The fourth-order valence-electron chi connectivity index (χ4n) is 2.98. The fraction of sp³-hybridized carbons (Fsp3) is 0.526. The summed E-state index contributed by atoms with van der Waals surface area (Å²) in [6, 6.07) is 5.47. The van der Waals surface area contributed by atoms with E-state index >= 15 is 0 Å². The number of carbonyl (C=O) groups excluding carboxylic acids is 3. The normalized spacial score (nSPS) is 13.8. The summed E-state index contributed by atoms with van der Waals surface area (Å²) in [4.78, 5) is 35.1. The van der Waals surface area contributed by atoms with Crippen LogP contribution in [0.4, 0.5) is 5.69 Å². The molecule has 26 heavy (non-hydrogen) atoms. The third-order valence-corrected chi connectivity index (χ3v) is 4.42. The summed E-state index contributed by atoms with van der Waals surface area (Å²) >= 11 is 0. The number of methoxy groups -OCH3 is 2. The van der Waals surface area contributed by atoms with E-state index in [1.807, 2.05) is 18.2 Å². The van der Waals surface area contributed by atoms with Gasteiger partial charge in [-0.1, -0.05) is 12.1 Å². The molecule has 0 aromatic heterocycles. The summed E-state index contributed by atoms with van der Waals surface area (Å²) in [5, 5.41) is 6.23. The highest BCUT2D eigenvalue weighted by Crippen LogP contribution is 2.27. The average Bonchev–Trinajstić information content (AvgIpc) is 2.66. The van der Waals surface area contributed by atoms with E-state index in [4.69, 9.17) is 4.74 Å². The monoisotopic (exact) mass is 362 g/mol. The van der Waals surface area contributed by atoms with Crippen molar-refractivity contribution in [1.29, 1.82) is 0 Å². The van der Waals surface area contributed by atoms with E-state index < -0.39 is 6.04 Å². The first-order valence-electron chi connectivity index (χ1n) is 8.83.